The first-order chi connectivity index (χ1) is 9.39. The van der Waals surface area contributed by atoms with Crippen LogP contribution in [0.5, 0.6) is 0 Å². The molecule has 2 aliphatic heterocycles. The normalized spacial score (nSPS) is 29.9. The average molecular weight is 284 g/mol. The van der Waals surface area contributed by atoms with Crippen molar-refractivity contribution < 1.29 is 13.6 Å². The Labute approximate surface area is 115 Å². The van der Waals surface area contributed by atoms with Crippen LogP contribution in [0.4, 0.5) is 8.78 Å². The second-order valence-corrected chi connectivity index (χ2v) is 6.01. The number of nitrogens with zero attached hydrogens (tertiary/aromatic N) is 2. The van der Waals surface area contributed by atoms with Gasteiger partial charge in [0.15, 0.2) is 0 Å². The number of nitrogens with one attached hydrogen (secondary N) is 2. The fourth-order valence-electron chi connectivity index (χ4n) is 3.35. The van der Waals surface area contributed by atoms with E-state index < -0.39 is 11.3 Å². The Bertz CT molecular complexity index is 530. The van der Waals surface area contributed by atoms with E-state index in [4.69, 9.17) is 0 Å². The first kappa shape index (κ1) is 13.5. The Hall–Kier alpha value is -1.50. The van der Waals surface area contributed by atoms with Crippen LogP contribution in [0.25, 0.3) is 0 Å². The highest BCUT2D eigenvalue weighted by Gasteiger charge is 2.54. The predicted molar refractivity (Wildman–Crippen MR) is 68.2 cm³/mol. The maximum atomic E-state index is 14.0. The van der Waals surface area contributed by atoms with Gasteiger partial charge in [0, 0.05) is 31.7 Å². The second kappa shape index (κ2) is 4.51. The topological polar surface area (TPSA) is 61.0 Å². The van der Waals surface area contributed by atoms with Crippen LogP contribution in [-0.2, 0) is 11.3 Å². The third-order valence-corrected chi connectivity index (χ3v) is 4.09. The predicted octanol–water partition coefficient (Wildman–Crippen LogP) is 1.07. The van der Waals surface area contributed by atoms with E-state index >= 15 is 0 Å². The molecular formula is C13H18F2N4O. The van der Waals surface area contributed by atoms with Crippen molar-refractivity contribution in [1.29, 1.82) is 0 Å². The number of aryl methyl sites for hydroxylation is 1. The van der Waals surface area contributed by atoms with Crippen molar-refractivity contribution in [2.45, 2.75) is 32.2 Å². The number of halogens is 2. The van der Waals surface area contributed by atoms with Gasteiger partial charge in [-0.3, -0.25) is 14.8 Å². The average Bonchev–Trinajstić information content (AvgIpc) is 2.85. The van der Waals surface area contributed by atoms with Crippen molar-refractivity contribution in [1.82, 2.24) is 20.4 Å². The number of amides is 1. The van der Waals surface area contributed by atoms with Crippen LogP contribution in [0.2, 0.25) is 0 Å². The summed E-state index contributed by atoms with van der Waals surface area (Å²) >= 11 is 0. The fraction of sp³-hybridized carbons (Fsp3) is 0.692. The maximum absolute atomic E-state index is 14.0. The lowest BCUT2D eigenvalue weighted by atomic mass is 9.77. The number of aromatic nitrogens is 2. The molecule has 1 aromatic heterocycles. The largest absolute Gasteiger partial charge is 0.356 e. The summed E-state index contributed by atoms with van der Waals surface area (Å²) in [4.78, 5) is 13.6. The SMILES string of the molecule is Cc1cc(CN2CC(F)(F)C[C@@]3(CCNC3=O)C2)n[nH]1. The smallest absolute Gasteiger partial charge is 0.261 e. The fourth-order valence-corrected chi connectivity index (χ4v) is 3.35. The van der Waals surface area contributed by atoms with Crippen molar-refractivity contribution in [3.05, 3.63) is 17.5 Å². The number of H-pyrrole nitrogens is 1. The molecule has 1 aromatic rings. The molecule has 2 fully saturated rings. The lowest BCUT2D eigenvalue weighted by Gasteiger charge is -2.42. The highest BCUT2D eigenvalue weighted by molar-refractivity contribution is 5.85. The van der Waals surface area contributed by atoms with Gasteiger partial charge in [-0.2, -0.15) is 5.10 Å². The summed E-state index contributed by atoms with van der Waals surface area (Å²) in [5.41, 5.74) is 0.693. The number of alkyl halides is 2. The van der Waals surface area contributed by atoms with Crippen LogP contribution in [0, 0.1) is 12.3 Å². The minimum Gasteiger partial charge on any atom is -0.356 e. The van der Waals surface area contributed by atoms with Crippen LogP contribution in [0.15, 0.2) is 6.07 Å². The molecule has 7 heteroatoms. The molecule has 0 aliphatic carbocycles. The van der Waals surface area contributed by atoms with E-state index in [0.717, 1.165) is 11.4 Å². The van der Waals surface area contributed by atoms with Crippen molar-refractivity contribution >= 4 is 5.91 Å². The minimum atomic E-state index is -2.83. The molecule has 0 aromatic carbocycles. The second-order valence-electron chi connectivity index (χ2n) is 6.01. The first-order valence-electron chi connectivity index (χ1n) is 6.78. The number of hydrogen-bond acceptors (Lipinski definition) is 3. The molecule has 2 aliphatic rings. The van der Waals surface area contributed by atoms with Gasteiger partial charge in [0.25, 0.3) is 5.92 Å². The summed E-state index contributed by atoms with van der Waals surface area (Å²) in [6.07, 6.45) is 0.138. The summed E-state index contributed by atoms with van der Waals surface area (Å²) in [6.45, 7) is 2.76. The zero-order chi connectivity index (χ0) is 14.4. The van der Waals surface area contributed by atoms with E-state index in [-0.39, 0.29) is 18.9 Å². The van der Waals surface area contributed by atoms with Crippen LogP contribution in [-0.4, -0.2) is 46.6 Å². The molecule has 110 valence electrons. The molecule has 1 amide bonds. The number of likely N-dealkylation sites (tertiary alicyclic amines) is 1. The zero-order valence-corrected chi connectivity index (χ0v) is 11.4. The molecule has 5 nitrogen and oxygen atoms in total. The van der Waals surface area contributed by atoms with Gasteiger partial charge in [-0.25, -0.2) is 8.78 Å². The molecule has 2 saturated heterocycles. The van der Waals surface area contributed by atoms with Crippen LogP contribution in [0.3, 0.4) is 0 Å². The van der Waals surface area contributed by atoms with Crippen molar-refractivity contribution in [3.63, 3.8) is 0 Å². The van der Waals surface area contributed by atoms with Gasteiger partial charge in [0.2, 0.25) is 5.91 Å². The minimum absolute atomic E-state index is 0.236. The monoisotopic (exact) mass is 284 g/mol. The molecular weight excluding hydrogens is 266 g/mol. The molecule has 2 N–H and O–H groups in total. The molecule has 0 saturated carbocycles. The summed E-state index contributed by atoms with van der Waals surface area (Å²) < 4.78 is 28.0. The molecule has 0 unspecified atom stereocenters. The Morgan fingerprint density at radius 2 is 2.25 bits per heavy atom. The quantitative estimate of drug-likeness (QED) is 0.854. The van der Waals surface area contributed by atoms with E-state index in [1.54, 1.807) is 4.90 Å². The standard InChI is InChI=1S/C13H18F2N4O/c1-9-4-10(18-17-9)5-19-7-12(2-3-16-11(12)20)6-13(14,15)8-19/h4H,2-3,5-8H2,1H3,(H,16,20)(H,17,18)/t12-/m0/s1. The van der Waals surface area contributed by atoms with Gasteiger partial charge in [0.05, 0.1) is 17.7 Å². The van der Waals surface area contributed by atoms with Crippen LogP contribution < -0.4 is 5.32 Å². The van der Waals surface area contributed by atoms with Crippen molar-refractivity contribution in [2.75, 3.05) is 19.6 Å². The summed E-state index contributed by atoms with van der Waals surface area (Å²) in [6, 6.07) is 1.84. The lowest BCUT2D eigenvalue weighted by molar-refractivity contribution is -0.149. The van der Waals surface area contributed by atoms with E-state index in [1.807, 2.05) is 13.0 Å². The Morgan fingerprint density at radius 3 is 2.85 bits per heavy atom. The first-order valence-corrected chi connectivity index (χ1v) is 6.78. The van der Waals surface area contributed by atoms with E-state index in [9.17, 15) is 13.6 Å². The zero-order valence-electron chi connectivity index (χ0n) is 11.4. The summed E-state index contributed by atoms with van der Waals surface area (Å²) in [5, 5.41) is 9.57. The third kappa shape index (κ3) is 2.42. The number of carbonyl (C=O) groups excluding carboxylic acids is 1. The Morgan fingerprint density at radius 1 is 1.45 bits per heavy atom. The van der Waals surface area contributed by atoms with Gasteiger partial charge in [0.1, 0.15) is 0 Å². The van der Waals surface area contributed by atoms with Gasteiger partial charge >= 0.3 is 0 Å². The molecule has 0 radical (unpaired) electrons. The van der Waals surface area contributed by atoms with Crippen molar-refractivity contribution in [2.24, 2.45) is 5.41 Å². The Balaban J connectivity index is 1.79. The number of rotatable bonds is 2. The van der Waals surface area contributed by atoms with E-state index in [2.05, 4.69) is 15.5 Å². The van der Waals surface area contributed by atoms with Gasteiger partial charge in [-0.05, 0) is 19.4 Å². The van der Waals surface area contributed by atoms with Crippen molar-refractivity contribution in [3.8, 4) is 0 Å². The van der Waals surface area contributed by atoms with Gasteiger partial charge in [-0.1, -0.05) is 0 Å². The molecule has 3 heterocycles. The highest BCUT2D eigenvalue weighted by atomic mass is 19.3. The summed E-state index contributed by atoms with van der Waals surface area (Å²) in [5.74, 6) is -3.06. The van der Waals surface area contributed by atoms with E-state index in [1.165, 1.54) is 0 Å². The maximum Gasteiger partial charge on any atom is 0.261 e. The lowest BCUT2D eigenvalue weighted by Crippen LogP contribution is -2.54. The number of hydrogen-bond donors (Lipinski definition) is 2. The van der Waals surface area contributed by atoms with Crippen LogP contribution >= 0.6 is 0 Å². The molecule has 0 bridgehead atoms. The molecule has 1 spiro atoms. The summed E-state index contributed by atoms with van der Waals surface area (Å²) in [7, 11) is 0. The number of carbonyl (C=O) groups is 1. The highest BCUT2D eigenvalue weighted by Crippen LogP contribution is 2.43. The van der Waals surface area contributed by atoms with Gasteiger partial charge in [-0.15, -0.1) is 0 Å². The molecule has 20 heavy (non-hydrogen) atoms. The third-order valence-electron chi connectivity index (χ3n) is 4.09. The number of aromatic amines is 1. The molecule has 1 atom stereocenters. The van der Waals surface area contributed by atoms with Crippen LogP contribution in [0.1, 0.15) is 24.2 Å². The molecule has 3 rings (SSSR count). The van der Waals surface area contributed by atoms with E-state index in [0.29, 0.717) is 26.1 Å². The Kier molecular flexibility index (Phi) is 3.04. The number of piperidine rings is 1. The van der Waals surface area contributed by atoms with Gasteiger partial charge < -0.3 is 5.32 Å².